The Kier molecular flexibility index (Phi) is 3.20. The predicted molar refractivity (Wildman–Crippen MR) is 79.7 cm³/mol. The first-order valence-electron chi connectivity index (χ1n) is 6.13. The summed E-state index contributed by atoms with van der Waals surface area (Å²) in [6.45, 7) is 0. The summed E-state index contributed by atoms with van der Waals surface area (Å²) >= 11 is 5.27. The topological polar surface area (TPSA) is 53.7 Å². The van der Waals surface area contributed by atoms with Crippen LogP contribution in [-0.4, -0.2) is 16.7 Å². The van der Waals surface area contributed by atoms with Crippen molar-refractivity contribution in [1.82, 2.24) is 9.55 Å². The molecule has 0 spiro atoms. The van der Waals surface area contributed by atoms with Gasteiger partial charge in [0.1, 0.15) is 11.6 Å². The molecule has 3 rings (SSSR count). The number of imidazole rings is 1. The van der Waals surface area contributed by atoms with Crippen molar-refractivity contribution < 1.29 is 9.13 Å². The fourth-order valence-electron chi connectivity index (χ4n) is 2.21. The lowest BCUT2D eigenvalue weighted by Gasteiger charge is -2.07. The third-order valence-corrected chi connectivity index (χ3v) is 3.49. The van der Waals surface area contributed by atoms with Crippen LogP contribution in [-0.2, 0) is 0 Å². The summed E-state index contributed by atoms with van der Waals surface area (Å²) in [4.78, 5) is 3.02. The highest BCUT2D eigenvalue weighted by Crippen LogP contribution is 2.25. The van der Waals surface area contributed by atoms with Gasteiger partial charge in [0.2, 0.25) is 0 Å². The third kappa shape index (κ3) is 2.18. The molecule has 0 fully saturated rings. The molecule has 0 radical (unpaired) electrons. The largest absolute Gasteiger partial charge is 0.497 e. The molecular weight excluding hydrogens is 289 g/mol. The van der Waals surface area contributed by atoms with Crippen LogP contribution >= 0.6 is 12.2 Å². The number of aromatic nitrogens is 2. The molecule has 0 aliphatic rings. The van der Waals surface area contributed by atoms with E-state index in [0.717, 1.165) is 5.52 Å². The van der Waals surface area contributed by atoms with Crippen LogP contribution in [0.3, 0.4) is 0 Å². The number of benzene rings is 2. The number of halogens is 1. The average Bonchev–Trinajstić information content (AvgIpc) is 2.82. The van der Waals surface area contributed by atoms with Crippen LogP contribution in [0, 0.1) is 21.9 Å². The molecule has 1 heterocycles. The van der Waals surface area contributed by atoms with Gasteiger partial charge in [-0.1, -0.05) is 0 Å². The van der Waals surface area contributed by atoms with E-state index < -0.39 is 5.82 Å². The van der Waals surface area contributed by atoms with E-state index in [1.54, 1.807) is 29.9 Å². The van der Waals surface area contributed by atoms with Gasteiger partial charge in [0.15, 0.2) is 4.77 Å². The van der Waals surface area contributed by atoms with Crippen molar-refractivity contribution in [1.29, 1.82) is 5.26 Å². The highest BCUT2D eigenvalue weighted by Gasteiger charge is 2.12. The third-order valence-electron chi connectivity index (χ3n) is 3.21. The van der Waals surface area contributed by atoms with Crippen molar-refractivity contribution in [2.45, 2.75) is 0 Å². The number of nitriles is 1. The standard InChI is InChI=1S/C15H10FN3OS/c1-20-10-3-4-12-14(7-10)19(15(21)18-12)13-5-2-9(8-17)6-11(13)16/h2-7H,1H3,(H,18,21). The van der Waals surface area contributed by atoms with Crippen LogP contribution in [0.25, 0.3) is 16.7 Å². The van der Waals surface area contributed by atoms with Crippen LogP contribution in [0.15, 0.2) is 36.4 Å². The second-order valence-electron chi connectivity index (χ2n) is 4.43. The average molecular weight is 299 g/mol. The van der Waals surface area contributed by atoms with Crippen LogP contribution in [0.2, 0.25) is 0 Å². The number of fused-ring (bicyclic) bond motifs is 1. The highest BCUT2D eigenvalue weighted by molar-refractivity contribution is 7.71. The lowest BCUT2D eigenvalue weighted by Crippen LogP contribution is -1.98. The van der Waals surface area contributed by atoms with Gasteiger partial charge in [-0.2, -0.15) is 5.26 Å². The number of hydrogen-bond acceptors (Lipinski definition) is 3. The zero-order chi connectivity index (χ0) is 15.0. The van der Waals surface area contributed by atoms with Gasteiger partial charge in [-0.05, 0) is 42.5 Å². The fourth-order valence-corrected chi connectivity index (χ4v) is 2.51. The zero-order valence-electron chi connectivity index (χ0n) is 11.1. The lowest BCUT2D eigenvalue weighted by atomic mass is 10.2. The van der Waals surface area contributed by atoms with Gasteiger partial charge in [-0.15, -0.1) is 0 Å². The second kappa shape index (κ2) is 5.04. The number of nitrogens with one attached hydrogen (secondary N) is 1. The molecule has 3 aromatic rings. The van der Waals surface area contributed by atoms with Gasteiger partial charge >= 0.3 is 0 Å². The van der Waals surface area contributed by atoms with Crippen molar-refractivity contribution in [3.05, 3.63) is 52.5 Å². The Morgan fingerprint density at radius 2 is 2.10 bits per heavy atom. The quantitative estimate of drug-likeness (QED) is 0.734. The van der Waals surface area contributed by atoms with Gasteiger partial charge in [-0.25, -0.2) is 4.39 Å². The van der Waals surface area contributed by atoms with Gasteiger partial charge in [0.25, 0.3) is 0 Å². The Labute approximate surface area is 125 Å². The van der Waals surface area contributed by atoms with Crippen LogP contribution in [0.1, 0.15) is 5.56 Å². The van der Waals surface area contributed by atoms with Gasteiger partial charge in [0, 0.05) is 6.07 Å². The van der Waals surface area contributed by atoms with E-state index in [0.29, 0.717) is 21.7 Å². The SMILES string of the molecule is COc1ccc2[nH]c(=S)n(-c3ccc(C#N)cc3F)c2c1. The van der Waals surface area contributed by atoms with Gasteiger partial charge in [0.05, 0.1) is 35.5 Å². The smallest absolute Gasteiger partial charge is 0.182 e. The Bertz CT molecular complexity index is 936. The Hall–Kier alpha value is -2.65. The van der Waals surface area contributed by atoms with E-state index in [1.165, 1.54) is 12.1 Å². The van der Waals surface area contributed by atoms with Crippen LogP contribution in [0.5, 0.6) is 5.75 Å². The summed E-state index contributed by atoms with van der Waals surface area (Å²) in [6, 6.07) is 11.6. The molecule has 1 aromatic heterocycles. The number of hydrogen-bond donors (Lipinski definition) is 1. The van der Waals surface area contributed by atoms with E-state index in [9.17, 15) is 4.39 Å². The molecule has 0 aliphatic carbocycles. The zero-order valence-corrected chi connectivity index (χ0v) is 11.9. The molecule has 21 heavy (non-hydrogen) atoms. The van der Waals surface area contributed by atoms with E-state index in [-0.39, 0.29) is 5.56 Å². The maximum Gasteiger partial charge on any atom is 0.182 e. The molecule has 1 N–H and O–H groups in total. The summed E-state index contributed by atoms with van der Waals surface area (Å²) in [6.07, 6.45) is 0. The van der Waals surface area contributed by atoms with Crippen molar-refractivity contribution >= 4 is 23.3 Å². The van der Waals surface area contributed by atoms with Crippen LogP contribution in [0.4, 0.5) is 4.39 Å². The first-order chi connectivity index (χ1) is 10.1. The number of nitrogens with zero attached hydrogens (tertiary/aromatic N) is 2. The molecule has 2 aromatic carbocycles. The molecule has 0 saturated heterocycles. The molecule has 0 aliphatic heterocycles. The van der Waals surface area contributed by atoms with Crippen molar-refractivity contribution in [2.24, 2.45) is 0 Å². The van der Waals surface area contributed by atoms with Crippen molar-refractivity contribution in [2.75, 3.05) is 7.11 Å². The van der Waals surface area contributed by atoms with Gasteiger partial charge < -0.3 is 9.72 Å². The second-order valence-corrected chi connectivity index (χ2v) is 4.81. The Morgan fingerprint density at radius 1 is 1.29 bits per heavy atom. The Morgan fingerprint density at radius 3 is 2.76 bits per heavy atom. The van der Waals surface area contributed by atoms with Crippen molar-refractivity contribution in [3.63, 3.8) is 0 Å². The summed E-state index contributed by atoms with van der Waals surface area (Å²) in [7, 11) is 1.56. The molecule has 0 amide bonds. The minimum atomic E-state index is -0.506. The number of H-pyrrole nitrogens is 1. The van der Waals surface area contributed by atoms with E-state index in [4.69, 9.17) is 22.2 Å². The lowest BCUT2D eigenvalue weighted by molar-refractivity contribution is 0.415. The number of methoxy groups -OCH3 is 1. The molecule has 4 nitrogen and oxygen atoms in total. The molecule has 0 bridgehead atoms. The molecule has 0 atom stereocenters. The molecule has 6 heteroatoms. The Balaban J connectivity index is 2.32. The summed E-state index contributed by atoms with van der Waals surface area (Å²) in [5.74, 6) is 0.146. The maximum absolute atomic E-state index is 14.2. The summed E-state index contributed by atoms with van der Waals surface area (Å²) in [5.41, 5.74) is 2.05. The minimum Gasteiger partial charge on any atom is -0.497 e. The van der Waals surface area contributed by atoms with E-state index in [1.807, 2.05) is 12.1 Å². The number of aromatic amines is 1. The summed E-state index contributed by atoms with van der Waals surface area (Å²) in [5, 5.41) is 8.81. The first kappa shape index (κ1) is 13.3. The highest BCUT2D eigenvalue weighted by atomic mass is 32.1. The first-order valence-corrected chi connectivity index (χ1v) is 6.53. The molecule has 0 unspecified atom stereocenters. The molecule has 104 valence electrons. The van der Waals surface area contributed by atoms with E-state index in [2.05, 4.69) is 4.98 Å². The maximum atomic E-state index is 14.2. The monoisotopic (exact) mass is 299 g/mol. The van der Waals surface area contributed by atoms with Crippen LogP contribution < -0.4 is 4.74 Å². The number of ether oxygens (including phenoxy) is 1. The molecule has 0 saturated carbocycles. The fraction of sp³-hybridized carbons (Fsp3) is 0.0667. The summed E-state index contributed by atoms with van der Waals surface area (Å²) < 4.78 is 21.4. The minimum absolute atomic E-state index is 0.264. The number of rotatable bonds is 2. The van der Waals surface area contributed by atoms with E-state index >= 15 is 0 Å². The normalized spacial score (nSPS) is 10.5. The molecular formula is C15H10FN3OS. The predicted octanol–water partition coefficient (Wildman–Crippen LogP) is 3.71. The van der Waals surface area contributed by atoms with Crippen molar-refractivity contribution in [3.8, 4) is 17.5 Å². The van der Waals surface area contributed by atoms with Gasteiger partial charge in [-0.3, -0.25) is 4.57 Å².